The minimum Gasteiger partial charge on any atom is -0.507 e. The van der Waals surface area contributed by atoms with Gasteiger partial charge < -0.3 is 10.0 Å². The summed E-state index contributed by atoms with van der Waals surface area (Å²) < 4.78 is 0. The molecule has 0 radical (unpaired) electrons. The van der Waals surface area contributed by atoms with Crippen LogP contribution in [-0.4, -0.2) is 21.7 Å². The Balaban J connectivity index is 1.84. The van der Waals surface area contributed by atoms with E-state index in [0.717, 1.165) is 11.1 Å². The van der Waals surface area contributed by atoms with Crippen LogP contribution in [-0.2, 0) is 16.1 Å². The molecule has 1 heterocycles. The highest BCUT2D eigenvalue weighted by Crippen LogP contribution is 2.40. The zero-order chi connectivity index (χ0) is 22.0. The average molecular weight is 412 g/mol. The van der Waals surface area contributed by atoms with Crippen LogP contribution >= 0.6 is 0 Å². The number of nitrogens with zero attached hydrogens (tertiary/aromatic N) is 1. The fourth-order valence-corrected chi connectivity index (χ4v) is 3.98. The van der Waals surface area contributed by atoms with Crippen molar-refractivity contribution in [2.75, 3.05) is 0 Å². The first-order valence-electron chi connectivity index (χ1n) is 10.4. The molecule has 1 aliphatic rings. The number of amides is 1. The highest BCUT2D eigenvalue weighted by atomic mass is 16.3. The molecule has 1 aliphatic heterocycles. The smallest absolute Gasteiger partial charge is 0.295 e. The molecule has 1 amide bonds. The Labute approximate surface area is 182 Å². The molecular formula is C27H25NO3. The van der Waals surface area contributed by atoms with E-state index in [1.165, 1.54) is 5.56 Å². The second-order valence-electron chi connectivity index (χ2n) is 8.10. The van der Waals surface area contributed by atoms with Gasteiger partial charge in [0.05, 0.1) is 11.6 Å². The third-order valence-electron chi connectivity index (χ3n) is 5.70. The number of likely N-dealkylation sites (tertiary alicyclic amines) is 1. The predicted molar refractivity (Wildman–Crippen MR) is 121 cm³/mol. The lowest BCUT2D eigenvalue weighted by Crippen LogP contribution is -2.29. The Morgan fingerprint density at radius 2 is 1.45 bits per heavy atom. The molecule has 4 nitrogen and oxygen atoms in total. The van der Waals surface area contributed by atoms with Crippen LogP contribution in [0.3, 0.4) is 0 Å². The van der Waals surface area contributed by atoms with E-state index < -0.39 is 17.7 Å². The number of rotatable bonds is 5. The molecule has 4 heteroatoms. The molecule has 3 aromatic rings. The van der Waals surface area contributed by atoms with Crippen LogP contribution in [0.5, 0.6) is 0 Å². The summed E-state index contributed by atoms with van der Waals surface area (Å²) in [7, 11) is 0. The van der Waals surface area contributed by atoms with Gasteiger partial charge in [-0.15, -0.1) is 0 Å². The van der Waals surface area contributed by atoms with Crippen molar-refractivity contribution in [1.82, 2.24) is 4.90 Å². The third-order valence-corrected chi connectivity index (χ3v) is 5.70. The van der Waals surface area contributed by atoms with Crippen molar-refractivity contribution in [3.05, 3.63) is 113 Å². The quantitative estimate of drug-likeness (QED) is 0.346. The maximum atomic E-state index is 13.1. The monoisotopic (exact) mass is 411 g/mol. The summed E-state index contributed by atoms with van der Waals surface area (Å²) in [5.41, 5.74) is 3.55. The summed E-state index contributed by atoms with van der Waals surface area (Å²) in [5.74, 6) is -1.03. The second kappa shape index (κ2) is 8.60. The van der Waals surface area contributed by atoms with E-state index in [2.05, 4.69) is 13.8 Å². The molecule has 1 unspecified atom stereocenters. The summed E-state index contributed by atoms with van der Waals surface area (Å²) in [4.78, 5) is 27.7. The number of carbonyl (C=O) groups excluding carboxylic acids is 2. The van der Waals surface area contributed by atoms with Gasteiger partial charge in [-0.05, 0) is 22.6 Å². The Morgan fingerprint density at radius 1 is 0.871 bits per heavy atom. The molecule has 156 valence electrons. The number of carbonyl (C=O) groups is 2. The van der Waals surface area contributed by atoms with Crippen LogP contribution in [0.1, 0.15) is 48.1 Å². The standard InChI is InChI=1S/C27H25NO3/c1-18(2)20-13-15-21(16-14-20)24-23(25(29)22-11-7-4-8-12-22)26(30)27(31)28(24)17-19-9-5-3-6-10-19/h3-16,18,24,29H,17H2,1-2H3/b25-23+. The number of aliphatic hydroxyl groups excluding tert-OH is 1. The van der Waals surface area contributed by atoms with Gasteiger partial charge in [0.2, 0.25) is 0 Å². The average Bonchev–Trinajstić information content (AvgIpc) is 3.05. The Morgan fingerprint density at radius 3 is 2.03 bits per heavy atom. The van der Waals surface area contributed by atoms with Gasteiger partial charge in [-0.2, -0.15) is 0 Å². The van der Waals surface area contributed by atoms with Gasteiger partial charge in [0, 0.05) is 12.1 Å². The van der Waals surface area contributed by atoms with Gasteiger partial charge >= 0.3 is 0 Å². The first kappa shape index (κ1) is 20.6. The van der Waals surface area contributed by atoms with E-state index in [4.69, 9.17) is 0 Å². The molecule has 0 spiro atoms. The molecule has 31 heavy (non-hydrogen) atoms. The maximum absolute atomic E-state index is 13.1. The zero-order valence-electron chi connectivity index (χ0n) is 17.7. The van der Waals surface area contributed by atoms with Crippen LogP contribution in [0, 0.1) is 0 Å². The van der Waals surface area contributed by atoms with Crippen LogP contribution in [0.25, 0.3) is 5.76 Å². The number of ketones is 1. The summed E-state index contributed by atoms with van der Waals surface area (Å²) in [6.45, 7) is 4.52. The first-order valence-corrected chi connectivity index (χ1v) is 10.4. The van der Waals surface area contributed by atoms with Gasteiger partial charge in [0.15, 0.2) is 0 Å². The van der Waals surface area contributed by atoms with Crippen LogP contribution in [0.2, 0.25) is 0 Å². The van der Waals surface area contributed by atoms with Gasteiger partial charge in [0.1, 0.15) is 5.76 Å². The minimum absolute atomic E-state index is 0.129. The van der Waals surface area contributed by atoms with E-state index >= 15 is 0 Å². The predicted octanol–water partition coefficient (Wildman–Crippen LogP) is 5.43. The Hall–Kier alpha value is -3.66. The lowest BCUT2D eigenvalue weighted by Gasteiger charge is -2.26. The number of benzene rings is 3. The molecule has 3 aromatic carbocycles. The van der Waals surface area contributed by atoms with Crippen molar-refractivity contribution in [3.8, 4) is 0 Å². The number of Topliss-reactive ketones (excluding diaryl/α,β-unsaturated/α-hetero) is 1. The van der Waals surface area contributed by atoms with E-state index in [1.807, 2.05) is 60.7 Å². The second-order valence-corrected chi connectivity index (χ2v) is 8.10. The van der Waals surface area contributed by atoms with Crippen molar-refractivity contribution in [3.63, 3.8) is 0 Å². The zero-order valence-corrected chi connectivity index (χ0v) is 17.7. The largest absolute Gasteiger partial charge is 0.507 e. The van der Waals surface area contributed by atoms with Gasteiger partial charge in [-0.1, -0.05) is 98.8 Å². The number of hydrogen-bond donors (Lipinski definition) is 1. The lowest BCUT2D eigenvalue weighted by molar-refractivity contribution is -0.140. The van der Waals surface area contributed by atoms with E-state index in [1.54, 1.807) is 29.2 Å². The fourth-order valence-electron chi connectivity index (χ4n) is 3.98. The van der Waals surface area contributed by atoms with Gasteiger partial charge in [-0.25, -0.2) is 0 Å². The van der Waals surface area contributed by atoms with Gasteiger partial charge in [-0.3, -0.25) is 9.59 Å². The highest BCUT2D eigenvalue weighted by molar-refractivity contribution is 6.46. The molecule has 1 fully saturated rings. The summed E-state index contributed by atoms with van der Waals surface area (Å²) in [6.07, 6.45) is 0. The van der Waals surface area contributed by atoms with Crippen LogP contribution in [0.4, 0.5) is 0 Å². The molecule has 1 saturated heterocycles. The Kier molecular flexibility index (Phi) is 5.72. The molecule has 1 N–H and O–H groups in total. The van der Waals surface area contributed by atoms with Crippen LogP contribution < -0.4 is 0 Å². The molecule has 0 aliphatic carbocycles. The summed E-state index contributed by atoms with van der Waals surface area (Å²) >= 11 is 0. The van der Waals surface area contributed by atoms with E-state index in [-0.39, 0.29) is 17.9 Å². The number of aliphatic hydroxyl groups is 1. The maximum Gasteiger partial charge on any atom is 0.295 e. The first-order chi connectivity index (χ1) is 15.0. The molecule has 0 saturated carbocycles. The molecule has 1 atom stereocenters. The summed E-state index contributed by atoms with van der Waals surface area (Å²) in [6, 6.07) is 25.8. The summed E-state index contributed by atoms with van der Waals surface area (Å²) in [5, 5.41) is 11.0. The Bertz CT molecular complexity index is 1120. The fraction of sp³-hybridized carbons (Fsp3) is 0.185. The topological polar surface area (TPSA) is 57.6 Å². The van der Waals surface area contributed by atoms with Crippen molar-refractivity contribution in [2.45, 2.75) is 32.4 Å². The van der Waals surface area contributed by atoms with Crippen molar-refractivity contribution < 1.29 is 14.7 Å². The lowest BCUT2D eigenvalue weighted by atomic mass is 9.93. The number of hydrogen-bond acceptors (Lipinski definition) is 3. The molecule has 0 bridgehead atoms. The SMILES string of the molecule is CC(C)c1ccc(C2/C(=C(\O)c3ccccc3)C(=O)C(=O)N2Cc2ccccc2)cc1. The normalized spacial score (nSPS) is 18.0. The molecule has 0 aromatic heterocycles. The van der Waals surface area contributed by atoms with Gasteiger partial charge in [0.25, 0.3) is 11.7 Å². The van der Waals surface area contributed by atoms with Crippen molar-refractivity contribution >= 4 is 17.4 Å². The van der Waals surface area contributed by atoms with Crippen molar-refractivity contribution in [1.29, 1.82) is 0 Å². The molecule has 4 rings (SSSR count). The van der Waals surface area contributed by atoms with E-state index in [0.29, 0.717) is 11.5 Å². The highest BCUT2D eigenvalue weighted by Gasteiger charge is 2.46. The molecular weight excluding hydrogens is 386 g/mol. The minimum atomic E-state index is -0.657. The van der Waals surface area contributed by atoms with Crippen molar-refractivity contribution in [2.24, 2.45) is 0 Å². The van der Waals surface area contributed by atoms with E-state index in [9.17, 15) is 14.7 Å². The third kappa shape index (κ3) is 4.02. The van der Waals surface area contributed by atoms with Crippen LogP contribution in [0.15, 0.2) is 90.5 Å².